The summed E-state index contributed by atoms with van der Waals surface area (Å²) in [5, 5.41) is 5.26. The molecule has 3 aromatic rings. The number of carbonyl (C=O) groups is 2. The lowest BCUT2D eigenvalue weighted by molar-refractivity contribution is -0.140. The summed E-state index contributed by atoms with van der Waals surface area (Å²) < 4.78 is 27.9. The molecule has 0 saturated carbocycles. The number of nitrogens with one attached hydrogen (secondary N) is 1. The maximum absolute atomic E-state index is 13.5. The average Bonchev–Trinajstić information content (AvgIpc) is 3.11. The van der Waals surface area contributed by atoms with Crippen molar-refractivity contribution in [1.82, 2.24) is 10.2 Å². The van der Waals surface area contributed by atoms with E-state index >= 15 is 0 Å². The predicted octanol–water partition coefficient (Wildman–Crippen LogP) is 5.77. The molecule has 1 heterocycles. The largest absolute Gasteiger partial charge is 0.352 e. The Bertz CT molecular complexity index is 1470. The zero-order valence-corrected chi connectivity index (χ0v) is 23.9. The molecule has 3 aromatic carbocycles. The van der Waals surface area contributed by atoms with Gasteiger partial charge in [0.2, 0.25) is 11.8 Å². The smallest absolute Gasteiger partial charge is 0.265 e. The highest BCUT2D eigenvalue weighted by atomic mass is 35.5. The van der Waals surface area contributed by atoms with Crippen molar-refractivity contribution >= 4 is 61.5 Å². The first-order valence-corrected chi connectivity index (χ1v) is 14.8. The summed E-state index contributed by atoms with van der Waals surface area (Å²) in [5.41, 5.74) is 1.36. The number of benzene rings is 3. The third-order valence-corrected chi connectivity index (χ3v) is 9.53. The lowest BCUT2D eigenvalue weighted by Gasteiger charge is -2.30. The molecule has 0 spiro atoms. The van der Waals surface area contributed by atoms with Gasteiger partial charge in [0.25, 0.3) is 10.0 Å². The normalized spacial score (nSPS) is 15.3. The molecule has 0 unspecified atom stereocenters. The Hall–Kier alpha value is -2.81. The van der Waals surface area contributed by atoms with E-state index in [9.17, 15) is 18.0 Å². The Morgan fingerprint density at radius 1 is 1.03 bits per heavy atom. The molecule has 0 fully saturated rings. The van der Waals surface area contributed by atoms with Crippen LogP contribution >= 0.6 is 23.2 Å². The van der Waals surface area contributed by atoms with Gasteiger partial charge in [-0.1, -0.05) is 60.5 Å². The van der Waals surface area contributed by atoms with E-state index in [1.807, 2.05) is 32.0 Å². The molecule has 38 heavy (non-hydrogen) atoms. The summed E-state index contributed by atoms with van der Waals surface area (Å²) in [6.45, 7) is 5.88. The highest BCUT2D eigenvalue weighted by Crippen LogP contribution is 2.42. The van der Waals surface area contributed by atoms with Gasteiger partial charge < -0.3 is 10.2 Å². The van der Waals surface area contributed by atoms with Gasteiger partial charge in [-0.15, -0.1) is 0 Å². The lowest BCUT2D eigenvalue weighted by Crippen LogP contribution is -2.49. The third kappa shape index (κ3) is 5.63. The second-order valence-electron chi connectivity index (χ2n) is 9.58. The van der Waals surface area contributed by atoms with Crippen molar-refractivity contribution in [2.75, 3.05) is 10.8 Å². The van der Waals surface area contributed by atoms with E-state index in [0.29, 0.717) is 27.5 Å². The van der Waals surface area contributed by atoms with Gasteiger partial charge in [0.15, 0.2) is 0 Å². The van der Waals surface area contributed by atoms with Gasteiger partial charge in [-0.3, -0.25) is 13.9 Å². The maximum Gasteiger partial charge on any atom is 0.265 e. The van der Waals surface area contributed by atoms with Gasteiger partial charge in [-0.25, -0.2) is 8.42 Å². The van der Waals surface area contributed by atoms with Crippen LogP contribution in [0.15, 0.2) is 59.5 Å². The molecular weight excluding hydrogens is 545 g/mol. The minimum atomic E-state index is -3.70. The van der Waals surface area contributed by atoms with Crippen molar-refractivity contribution in [2.45, 2.75) is 63.6 Å². The van der Waals surface area contributed by atoms with Crippen LogP contribution in [0.1, 0.15) is 45.6 Å². The minimum absolute atomic E-state index is 0.0309. The first-order chi connectivity index (χ1) is 18.0. The van der Waals surface area contributed by atoms with Crippen LogP contribution in [0.5, 0.6) is 0 Å². The molecule has 4 rings (SSSR count). The molecule has 0 aliphatic carbocycles. The van der Waals surface area contributed by atoms with Gasteiger partial charge in [0, 0.05) is 30.9 Å². The average molecular weight is 577 g/mol. The Morgan fingerprint density at radius 3 is 2.42 bits per heavy atom. The number of amides is 2. The van der Waals surface area contributed by atoms with E-state index in [1.165, 1.54) is 9.21 Å². The number of carbonyl (C=O) groups excluding carboxylic acids is 2. The van der Waals surface area contributed by atoms with Crippen molar-refractivity contribution < 1.29 is 18.0 Å². The van der Waals surface area contributed by atoms with E-state index in [-0.39, 0.29) is 42.3 Å². The summed E-state index contributed by atoms with van der Waals surface area (Å²) in [5.74, 6) is -0.507. The number of halogens is 2. The molecular formula is C28H31Cl2N3O4S. The third-order valence-electron chi connectivity index (χ3n) is 6.94. The molecule has 0 aromatic heterocycles. The van der Waals surface area contributed by atoms with Gasteiger partial charge in [0.1, 0.15) is 6.04 Å². The van der Waals surface area contributed by atoms with Gasteiger partial charge in [-0.2, -0.15) is 0 Å². The molecule has 1 aliphatic rings. The van der Waals surface area contributed by atoms with Crippen molar-refractivity contribution in [2.24, 2.45) is 0 Å². The second kappa shape index (κ2) is 11.5. The second-order valence-corrected chi connectivity index (χ2v) is 12.2. The highest BCUT2D eigenvalue weighted by molar-refractivity contribution is 7.93. The molecule has 1 N–H and O–H groups in total. The summed E-state index contributed by atoms with van der Waals surface area (Å²) >= 11 is 12.2. The van der Waals surface area contributed by atoms with Crippen molar-refractivity contribution in [1.29, 1.82) is 0 Å². The topological polar surface area (TPSA) is 86.8 Å². The molecule has 2 amide bonds. The Labute approximate surface area is 233 Å². The summed E-state index contributed by atoms with van der Waals surface area (Å²) in [7, 11) is -3.70. The monoisotopic (exact) mass is 575 g/mol. The zero-order chi connectivity index (χ0) is 27.6. The molecule has 0 bridgehead atoms. The van der Waals surface area contributed by atoms with Crippen LogP contribution in [0.3, 0.4) is 0 Å². The Kier molecular flexibility index (Phi) is 8.55. The van der Waals surface area contributed by atoms with Crippen molar-refractivity contribution in [3.63, 3.8) is 0 Å². The van der Waals surface area contributed by atoms with Crippen LogP contribution in [-0.4, -0.2) is 43.8 Å². The van der Waals surface area contributed by atoms with E-state index in [1.54, 1.807) is 43.3 Å². The fourth-order valence-electron chi connectivity index (χ4n) is 4.60. The molecule has 0 saturated heterocycles. The summed E-state index contributed by atoms with van der Waals surface area (Å²) in [4.78, 5) is 28.2. The quantitative estimate of drug-likeness (QED) is 0.332. The van der Waals surface area contributed by atoms with Gasteiger partial charge in [0.05, 0.1) is 20.6 Å². The van der Waals surface area contributed by atoms with E-state index in [2.05, 4.69) is 5.32 Å². The Balaban J connectivity index is 1.51. The standard InChI is InChI=1S/C28H31Cl2N3O4S/c1-4-18(2)31-28(35)19(3)32(17-20-13-14-22(29)23(30)16-20)26(34)12-7-15-33-24-10-5-8-21-9-6-11-25(27(21)24)38(33,36)37/h5-6,8-11,13-14,16,18-19H,4,7,12,15,17H2,1-3H3,(H,31,35)/t18-,19+/m0/s1. The molecule has 10 heteroatoms. The van der Waals surface area contributed by atoms with Crippen LogP contribution in [0.2, 0.25) is 10.0 Å². The van der Waals surface area contributed by atoms with Gasteiger partial charge >= 0.3 is 0 Å². The van der Waals surface area contributed by atoms with Crippen molar-refractivity contribution in [3.05, 3.63) is 70.2 Å². The number of nitrogens with zero attached hydrogens (tertiary/aromatic N) is 2. The maximum atomic E-state index is 13.5. The summed E-state index contributed by atoms with van der Waals surface area (Å²) in [6.07, 6.45) is 1.12. The Morgan fingerprint density at radius 2 is 1.74 bits per heavy atom. The van der Waals surface area contributed by atoms with Crippen LogP contribution < -0.4 is 9.62 Å². The van der Waals surface area contributed by atoms with Crippen LogP contribution in [0.25, 0.3) is 10.8 Å². The molecule has 0 radical (unpaired) electrons. The molecule has 2 atom stereocenters. The SMILES string of the molecule is CC[C@H](C)NC(=O)[C@@H](C)N(Cc1ccc(Cl)c(Cl)c1)C(=O)CCCN1c2cccc3cccc(c23)S1(=O)=O. The number of sulfonamides is 1. The molecule has 1 aliphatic heterocycles. The van der Waals surface area contributed by atoms with Crippen molar-refractivity contribution in [3.8, 4) is 0 Å². The zero-order valence-electron chi connectivity index (χ0n) is 21.6. The first kappa shape index (κ1) is 28.2. The van der Waals surface area contributed by atoms with Crippen LogP contribution in [-0.2, 0) is 26.2 Å². The summed E-state index contributed by atoms with van der Waals surface area (Å²) in [6, 6.07) is 15.1. The lowest BCUT2D eigenvalue weighted by atomic mass is 10.1. The van der Waals surface area contributed by atoms with E-state index in [0.717, 1.165) is 17.4 Å². The fraction of sp³-hybridized carbons (Fsp3) is 0.357. The number of rotatable bonds is 10. The predicted molar refractivity (Wildman–Crippen MR) is 152 cm³/mol. The number of hydrogen-bond acceptors (Lipinski definition) is 4. The first-order valence-electron chi connectivity index (χ1n) is 12.6. The molecule has 7 nitrogen and oxygen atoms in total. The van der Waals surface area contributed by atoms with E-state index in [4.69, 9.17) is 23.2 Å². The number of hydrogen-bond donors (Lipinski definition) is 1. The van der Waals surface area contributed by atoms with Crippen LogP contribution in [0.4, 0.5) is 5.69 Å². The van der Waals surface area contributed by atoms with E-state index < -0.39 is 16.1 Å². The molecule has 202 valence electrons. The van der Waals surface area contributed by atoms with Crippen LogP contribution in [0, 0.1) is 0 Å². The fourth-order valence-corrected chi connectivity index (χ4v) is 6.67. The highest BCUT2D eigenvalue weighted by Gasteiger charge is 2.35. The number of anilines is 1. The minimum Gasteiger partial charge on any atom is -0.352 e. The van der Waals surface area contributed by atoms with Gasteiger partial charge in [-0.05, 0) is 61.9 Å².